The number of amides is 1. The van der Waals surface area contributed by atoms with E-state index in [1.807, 2.05) is 30.4 Å². The first kappa shape index (κ1) is 9.93. The highest BCUT2D eigenvalue weighted by atomic mass is 16.3. The average Bonchev–Trinajstić information content (AvgIpc) is 2.77. The fourth-order valence-corrected chi connectivity index (χ4v) is 1.63. The van der Waals surface area contributed by atoms with Gasteiger partial charge in [0.25, 0.3) is 5.91 Å². The molecule has 0 saturated carbocycles. The molecule has 2 aliphatic rings. The van der Waals surface area contributed by atoms with Gasteiger partial charge in [0.1, 0.15) is 0 Å². The quantitative estimate of drug-likeness (QED) is 0.714. The van der Waals surface area contributed by atoms with Crippen molar-refractivity contribution in [3.05, 3.63) is 47.1 Å². The Morgan fingerprint density at radius 2 is 2.27 bits per heavy atom. The Hall–Kier alpha value is -1.61. The van der Waals surface area contributed by atoms with E-state index in [0.29, 0.717) is 5.57 Å². The summed E-state index contributed by atoms with van der Waals surface area (Å²) in [5.74, 6) is -0.127. The van der Waals surface area contributed by atoms with Crippen LogP contribution in [0.2, 0.25) is 0 Å². The summed E-state index contributed by atoms with van der Waals surface area (Å²) in [5.41, 5.74) is 2.73. The third-order valence-electron chi connectivity index (χ3n) is 2.47. The highest BCUT2D eigenvalue weighted by Gasteiger charge is 2.20. The molecule has 2 N–H and O–H groups in total. The summed E-state index contributed by atoms with van der Waals surface area (Å²) in [6.07, 6.45) is 9.56. The molecule has 3 nitrogen and oxygen atoms in total. The van der Waals surface area contributed by atoms with E-state index in [1.165, 1.54) is 0 Å². The van der Waals surface area contributed by atoms with Gasteiger partial charge in [-0.05, 0) is 24.1 Å². The molecule has 78 valence electrons. The van der Waals surface area contributed by atoms with E-state index in [1.54, 1.807) is 6.92 Å². The van der Waals surface area contributed by atoms with E-state index in [-0.39, 0.29) is 18.6 Å². The van der Waals surface area contributed by atoms with Crippen LogP contribution in [0, 0.1) is 0 Å². The van der Waals surface area contributed by atoms with Crippen molar-refractivity contribution in [2.45, 2.75) is 13.0 Å². The van der Waals surface area contributed by atoms with Gasteiger partial charge in [-0.15, -0.1) is 0 Å². The van der Waals surface area contributed by atoms with Crippen LogP contribution in [0.5, 0.6) is 0 Å². The van der Waals surface area contributed by atoms with Crippen molar-refractivity contribution in [1.82, 2.24) is 5.32 Å². The molecular formula is C12H13NO2. The second-order valence-corrected chi connectivity index (χ2v) is 3.70. The minimum Gasteiger partial charge on any atom is -0.394 e. The summed E-state index contributed by atoms with van der Waals surface area (Å²) in [4.78, 5) is 11.8. The Kier molecular flexibility index (Phi) is 2.56. The van der Waals surface area contributed by atoms with Crippen molar-refractivity contribution in [3.63, 3.8) is 0 Å². The molecule has 0 bridgehead atoms. The Morgan fingerprint density at radius 1 is 1.47 bits per heavy atom. The minimum atomic E-state index is -0.211. The first-order valence-electron chi connectivity index (χ1n) is 4.95. The number of hydrogen-bond donors (Lipinski definition) is 2. The Morgan fingerprint density at radius 3 is 3.00 bits per heavy atom. The van der Waals surface area contributed by atoms with Crippen LogP contribution < -0.4 is 5.32 Å². The first-order valence-corrected chi connectivity index (χ1v) is 4.95. The second kappa shape index (κ2) is 3.87. The van der Waals surface area contributed by atoms with E-state index < -0.39 is 0 Å². The van der Waals surface area contributed by atoms with Crippen LogP contribution in [0.3, 0.4) is 0 Å². The molecule has 0 fully saturated rings. The number of fused-ring (bicyclic) bond motifs is 1. The van der Waals surface area contributed by atoms with Crippen LogP contribution in [0.15, 0.2) is 47.1 Å². The van der Waals surface area contributed by atoms with Gasteiger partial charge in [-0.3, -0.25) is 4.79 Å². The largest absolute Gasteiger partial charge is 0.394 e. The number of carbonyl (C=O) groups excluding carboxylic acids is 1. The van der Waals surface area contributed by atoms with E-state index >= 15 is 0 Å². The van der Waals surface area contributed by atoms with Crippen molar-refractivity contribution in [1.29, 1.82) is 0 Å². The monoisotopic (exact) mass is 203 g/mol. The zero-order valence-corrected chi connectivity index (χ0v) is 8.53. The topological polar surface area (TPSA) is 49.3 Å². The lowest BCUT2D eigenvalue weighted by Crippen LogP contribution is -2.35. The molecule has 0 aromatic heterocycles. The van der Waals surface area contributed by atoms with Gasteiger partial charge in [-0.25, -0.2) is 0 Å². The summed E-state index contributed by atoms with van der Waals surface area (Å²) in [7, 11) is 0. The van der Waals surface area contributed by atoms with Crippen molar-refractivity contribution in [3.8, 4) is 0 Å². The molecule has 0 aromatic carbocycles. The normalized spacial score (nSPS) is 19.2. The standard InChI is InChI=1S/C12H13NO2/c1-8(7-14)13-12(15)11-6-5-9-3-2-4-10(9)11/h2-6,8,14H,7H2,1H3,(H,13,15)/t8-/m0/s1. The van der Waals surface area contributed by atoms with E-state index in [4.69, 9.17) is 5.11 Å². The van der Waals surface area contributed by atoms with Gasteiger partial charge < -0.3 is 10.4 Å². The fourth-order valence-electron chi connectivity index (χ4n) is 1.63. The van der Waals surface area contributed by atoms with Gasteiger partial charge in [0.05, 0.1) is 6.61 Å². The molecule has 15 heavy (non-hydrogen) atoms. The van der Waals surface area contributed by atoms with Crippen molar-refractivity contribution >= 4 is 5.91 Å². The number of hydrogen-bond acceptors (Lipinski definition) is 2. The predicted molar refractivity (Wildman–Crippen MR) is 58.1 cm³/mol. The summed E-state index contributed by atoms with van der Waals surface area (Å²) >= 11 is 0. The molecule has 0 spiro atoms. The van der Waals surface area contributed by atoms with Crippen LogP contribution in [0.25, 0.3) is 0 Å². The smallest absolute Gasteiger partial charge is 0.252 e. The fraction of sp³-hybridized carbons (Fsp3) is 0.250. The molecule has 1 amide bonds. The van der Waals surface area contributed by atoms with E-state index in [9.17, 15) is 4.79 Å². The first-order chi connectivity index (χ1) is 7.22. The van der Waals surface area contributed by atoms with E-state index in [0.717, 1.165) is 11.1 Å². The van der Waals surface area contributed by atoms with Gasteiger partial charge in [0, 0.05) is 11.6 Å². The number of rotatable bonds is 3. The Labute approximate surface area is 88.5 Å². The van der Waals surface area contributed by atoms with Crippen molar-refractivity contribution in [2.24, 2.45) is 0 Å². The van der Waals surface area contributed by atoms with Crippen LogP contribution >= 0.6 is 0 Å². The van der Waals surface area contributed by atoms with Crippen LogP contribution in [-0.4, -0.2) is 23.7 Å². The lowest BCUT2D eigenvalue weighted by molar-refractivity contribution is -0.118. The van der Waals surface area contributed by atoms with Gasteiger partial charge >= 0.3 is 0 Å². The van der Waals surface area contributed by atoms with Gasteiger partial charge in [0.15, 0.2) is 0 Å². The van der Waals surface area contributed by atoms with Gasteiger partial charge in [0.2, 0.25) is 0 Å². The molecule has 2 aliphatic carbocycles. The number of carbonyl (C=O) groups is 1. The summed E-state index contributed by atoms with van der Waals surface area (Å²) in [5, 5.41) is 11.6. The maximum atomic E-state index is 11.8. The number of aliphatic hydroxyl groups is 1. The average molecular weight is 203 g/mol. The highest BCUT2D eigenvalue weighted by molar-refractivity contribution is 6.00. The van der Waals surface area contributed by atoms with Crippen molar-refractivity contribution in [2.75, 3.05) is 6.61 Å². The number of aliphatic hydroxyl groups excluding tert-OH is 1. The van der Waals surface area contributed by atoms with E-state index in [2.05, 4.69) is 5.32 Å². The van der Waals surface area contributed by atoms with Gasteiger partial charge in [-0.2, -0.15) is 0 Å². The molecule has 0 radical (unpaired) electrons. The molecule has 0 aliphatic heterocycles. The minimum absolute atomic E-state index is 0.0450. The summed E-state index contributed by atoms with van der Waals surface area (Å²) < 4.78 is 0. The number of nitrogens with one attached hydrogen (secondary N) is 1. The van der Waals surface area contributed by atoms with Crippen LogP contribution in [0.1, 0.15) is 6.92 Å². The third-order valence-corrected chi connectivity index (χ3v) is 2.47. The summed E-state index contributed by atoms with van der Waals surface area (Å²) in [6.45, 7) is 1.72. The Balaban J connectivity index is 2.15. The molecule has 0 heterocycles. The maximum absolute atomic E-state index is 11.8. The van der Waals surface area contributed by atoms with Gasteiger partial charge in [-0.1, -0.05) is 24.3 Å². The van der Waals surface area contributed by atoms with Crippen LogP contribution in [0.4, 0.5) is 0 Å². The zero-order chi connectivity index (χ0) is 10.8. The highest BCUT2D eigenvalue weighted by Crippen LogP contribution is 2.29. The molecule has 0 unspecified atom stereocenters. The molecule has 0 saturated heterocycles. The molecule has 0 aromatic rings. The van der Waals surface area contributed by atoms with Crippen LogP contribution in [-0.2, 0) is 4.79 Å². The molecule has 2 rings (SSSR count). The SMILES string of the molecule is C[C@@H](CO)NC(=O)C1=C2C=CC=C2C=C1. The van der Waals surface area contributed by atoms with Crippen molar-refractivity contribution < 1.29 is 9.90 Å². The number of allylic oxidation sites excluding steroid dienone is 6. The zero-order valence-electron chi connectivity index (χ0n) is 8.53. The predicted octanol–water partition coefficient (Wildman–Crippen LogP) is 0.846. The summed E-state index contributed by atoms with van der Waals surface area (Å²) in [6, 6.07) is -0.211. The lowest BCUT2D eigenvalue weighted by Gasteiger charge is -2.11. The molecule has 3 heteroatoms. The molecule has 1 atom stereocenters. The second-order valence-electron chi connectivity index (χ2n) is 3.70. The molecular weight excluding hydrogens is 190 g/mol. The third kappa shape index (κ3) is 1.78. The maximum Gasteiger partial charge on any atom is 0.252 e. The Bertz CT molecular complexity index is 413. The lowest BCUT2D eigenvalue weighted by atomic mass is 10.1.